The van der Waals surface area contributed by atoms with Crippen LogP contribution in [0.25, 0.3) is 0 Å². The van der Waals surface area contributed by atoms with Crippen molar-refractivity contribution < 1.29 is 36.7 Å². The molecule has 7 atom stereocenters. The van der Waals surface area contributed by atoms with E-state index in [4.69, 9.17) is 0 Å². The summed E-state index contributed by atoms with van der Waals surface area (Å²) in [6.45, 7) is 2.38. The number of aliphatic hydroxyl groups excluding tert-OH is 1. The Morgan fingerprint density at radius 1 is 0.976 bits per heavy atom. The zero-order valence-electron chi connectivity index (χ0n) is 24.2. The summed E-state index contributed by atoms with van der Waals surface area (Å²) in [4.78, 5) is 0. The van der Waals surface area contributed by atoms with Gasteiger partial charge in [-0.1, -0.05) is 56.3 Å². The van der Waals surface area contributed by atoms with Gasteiger partial charge in [0.25, 0.3) is 0 Å². The van der Waals surface area contributed by atoms with Gasteiger partial charge in [-0.25, -0.2) is 0 Å². The van der Waals surface area contributed by atoms with Gasteiger partial charge in [0.15, 0.2) is 0 Å². The Morgan fingerprint density at radius 3 is 2.34 bits per heavy atom. The standard InChI is InChI=1S/C32H47F5O3S/c1-30-15-13-27-26-12-11-24(38)19-23(26)18-22(29(27)28(30)20-25(39)21-30)10-7-5-3-2-4-6-8-16-41(40)17-9-14-31(33,34)32(35,36)37/h11-12,19,22,25,27-29,38-39H,2-10,13-18,20-21H2,1H3/t22-,25?,27?,28?,29?,30?,41?/m1/s1. The van der Waals surface area contributed by atoms with Crippen LogP contribution in [0.2, 0.25) is 0 Å². The van der Waals surface area contributed by atoms with E-state index in [0.717, 1.165) is 77.0 Å². The SMILES string of the molecule is CC12CCC3c4ccc(O)cc4C[C@@H](CCCCCCCCC[S+]([O-])CCCC(F)(F)C(F)(F)F)C3C1CC(O)C2. The van der Waals surface area contributed by atoms with Crippen LogP contribution in [0, 0.1) is 23.2 Å². The Bertz CT molecular complexity index is 989. The van der Waals surface area contributed by atoms with Crippen LogP contribution in [0.1, 0.15) is 114 Å². The number of phenolic OH excluding ortho intramolecular Hbond substituents is 1. The average Bonchev–Trinajstić information content (AvgIpc) is 3.20. The number of hydrogen-bond acceptors (Lipinski definition) is 3. The first kappa shape index (κ1) is 32.8. The highest BCUT2D eigenvalue weighted by atomic mass is 32.2. The molecular weight excluding hydrogens is 559 g/mol. The normalized spacial score (nSPS) is 30.5. The van der Waals surface area contributed by atoms with Crippen LogP contribution in [-0.4, -0.2) is 44.5 Å². The Morgan fingerprint density at radius 2 is 1.63 bits per heavy atom. The molecule has 0 bridgehead atoms. The number of unbranched alkanes of at least 4 members (excludes halogenated alkanes) is 6. The van der Waals surface area contributed by atoms with Gasteiger partial charge in [-0.05, 0) is 110 Å². The molecule has 0 aliphatic heterocycles. The summed E-state index contributed by atoms with van der Waals surface area (Å²) < 4.78 is 74.5. The van der Waals surface area contributed by atoms with E-state index in [-0.39, 0.29) is 17.3 Å². The van der Waals surface area contributed by atoms with Crippen molar-refractivity contribution in [3.05, 3.63) is 29.3 Å². The maximum atomic E-state index is 13.0. The molecule has 0 amide bonds. The molecule has 1 aromatic carbocycles. The molecule has 0 spiro atoms. The second-order valence-electron chi connectivity index (χ2n) is 13.3. The van der Waals surface area contributed by atoms with E-state index in [1.807, 2.05) is 12.1 Å². The highest BCUT2D eigenvalue weighted by Gasteiger charge is 2.57. The number of aliphatic hydroxyl groups is 1. The van der Waals surface area contributed by atoms with Gasteiger partial charge in [0.2, 0.25) is 0 Å². The summed E-state index contributed by atoms with van der Waals surface area (Å²) in [5.41, 5.74) is 2.93. The molecule has 3 nitrogen and oxygen atoms in total. The van der Waals surface area contributed by atoms with Gasteiger partial charge < -0.3 is 14.8 Å². The molecule has 6 unspecified atom stereocenters. The largest absolute Gasteiger partial charge is 0.616 e. The Kier molecular flexibility index (Phi) is 11.0. The molecule has 2 saturated carbocycles. The number of benzene rings is 1. The van der Waals surface area contributed by atoms with Crippen LogP contribution in [-0.2, 0) is 17.6 Å². The zero-order chi connectivity index (χ0) is 29.8. The van der Waals surface area contributed by atoms with Gasteiger partial charge in [-0.2, -0.15) is 22.0 Å². The highest BCUT2D eigenvalue weighted by Crippen LogP contribution is 2.62. The van der Waals surface area contributed by atoms with E-state index < -0.39 is 36.1 Å². The van der Waals surface area contributed by atoms with Crippen molar-refractivity contribution in [1.29, 1.82) is 0 Å². The summed E-state index contributed by atoms with van der Waals surface area (Å²) >= 11 is -1.35. The van der Waals surface area contributed by atoms with E-state index in [2.05, 4.69) is 13.0 Å². The number of halogens is 5. The molecule has 2 fully saturated rings. The Labute approximate surface area is 244 Å². The van der Waals surface area contributed by atoms with Crippen molar-refractivity contribution >= 4 is 11.2 Å². The molecule has 234 valence electrons. The first-order valence-electron chi connectivity index (χ1n) is 15.6. The lowest BCUT2D eigenvalue weighted by atomic mass is 9.52. The lowest BCUT2D eigenvalue weighted by molar-refractivity contribution is -0.284. The van der Waals surface area contributed by atoms with Crippen LogP contribution in [0.3, 0.4) is 0 Å². The van der Waals surface area contributed by atoms with E-state index in [9.17, 15) is 36.7 Å². The monoisotopic (exact) mass is 606 g/mol. The van der Waals surface area contributed by atoms with Crippen molar-refractivity contribution in [2.45, 2.75) is 127 Å². The molecule has 4 rings (SSSR count). The van der Waals surface area contributed by atoms with Gasteiger partial charge in [0.05, 0.1) is 6.10 Å². The quantitative estimate of drug-likeness (QED) is 0.127. The first-order chi connectivity index (χ1) is 19.3. The van der Waals surface area contributed by atoms with Crippen LogP contribution >= 0.6 is 0 Å². The lowest BCUT2D eigenvalue weighted by Gasteiger charge is -2.52. The Balaban J connectivity index is 1.15. The highest BCUT2D eigenvalue weighted by molar-refractivity contribution is 7.91. The molecular formula is C32H47F5O3S. The number of phenols is 1. The van der Waals surface area contributed by atoms with Gasteiger partial charge in [0, 0.05) is 6.42 Å². The van der Waals surface area contributed by atoms with E-state index in [1.165, 1.54) is 11.1 Å². The van der Waals surface area contributed by atoms with Gasteiger partial charge in [0.1, 0.15) is 17.3 Å². The molecule has 3 aliphatic carbocycles. The fourth-order valence-corrected chi connectivity index (χ4v) is 9.53. The van der Waals surface area contributed by atoms with Crippen molar-refractivity contribution in [2.24, 2.45) is 23.2 Å². The van der Waals surface area contributed by atoms with Crippen molar-refractivity contribution in [3.63, 3.8) is 0 Å². The summed E-state index contributed by atoms with van der Waals surface area (Å²) in [5, 5.41) is 20.7. The summed E-state index contributed by atoms with van der Waals surface area (Å²) in [6.07, 6.45) is 5.94. The molecule has 0 radical (unpaired) electrons. The minimum absolute atomic E-state index is 0.113. The predicted molar refractivity (Wildman–Crippen MR) is 153 cm³/mol. The zero-order valence-corrected chi connectivity index (χ0v) is 25.1. The fraction of sp³-hybridized carbons (Fsp3) is 0.812. The maximum Gasteiger partial charge on any atom is 0.453 e. The van der Waals surface area contributed by atoms with E-state index >= 15 is 0 Å². The molecule has 1 aromatic rings. The number of aromatic hydroxyl groups is 1. The van der Waals surface area contributed by atoms with Crippen LogP contribution in [0.5, 0.6) is 5.75 Å². The maximum absolute atomic E-state index is 13.0. The first-order valence-corrected chi connectivity index (χ1v) is 17.1. The summed E-state index contributed by atoms with van der Waals surface area (Å²) in [7, 11) is 0. The van der Waals surface area contributed by atoms with Gasteiger partial charge in [-0.15, -0.1) is 0 Å². The minimum atomic E-state index is -5.54. The fourth-order valence-electron chi connectivity index (χ4n) is 8.33. The second-order valence-corrected chi connectivity index (χ2v) is 15.0. The third-order valence-electron chi connectivity index (χ3n) is 10.4. The molecule has 2 N–H and O–H groups in total. The summed E-state index contributed by atoms with van der Waals surface area (Å²) in [6, 6.07) is 5.92. The van der Waals surface area contributed by atoms with Crippen LogP contribution in [0.4, 0.5) is 22.0 Å². The van der Waals surface area contributed by atoms with Gasteiger partial charge >= 0.3 is 12.1 Å². The third-order valence-corrected chi connectivity index (χ3v) is 11.8. The Hall–Kier alpha value is -1.06. The number of alkyl halides is 5. The van der Waals surface area contributed by atoms with E-state index in [1.54, 1.807) is 0 Å². The van der Waals surface area contributed by atoms with Crippen LogP contribution in [0.15, 0.2) is 18.2 Å². The number of hydrogen-bond donors (Lipinski definition) is 2. The topological polar surface area (TPSA) is 63.5 Å². The summed E-state index contributed by atoms with van der Waals surface area (Å²) in [5.74, 6) is -1.91. The molecule has 3 aliphatic rings. The lowest BCUT2D eigenvalue weighted by Crippen LogP contribution is -2.44. The van der Waals surface area contributed by atoms with Crippen molar-refractivity contribution in [2.75, 3.05) is 11.5 Å². The number of fused-ring (bicyclic) bond motifs is 5. The smallest absolute Gasteiger partial charge is 0.453 e. The molecule has 0 heterocycles. The minimum Gasteiger partial charge on any atom is -0.616 e. The van der Waals surface area contributed by atoms with Gasteiger partial charge in [-0.3, -0.25) is 0 Å². The molecule has 0 aromatic heterocycles. The molecule has 41 heavy (non-hydrogen) atoms. The average molecular weight is 607 g/mol. The predicted octanol–water partition coefficient (Wildman–Crippen LogP) is 8.68. The van der Waals surface area contributed by atoms with Crippen LogP contribution < -0.4 is 0 Å². The van der Waals surface area contributed by atoms with Crippen molar-refractivity contribution in [3.8, 4) is 5.75 Å². The molecule has 0 saturated heterocycles. The van der Waals surface area contributed by atoms with E-state index in [0.29, 0.717) is 41.6 Å². The second kappa shape index (κ2) is 13.7. The molecule has 9 heteroatoms. The van der Waals surface area contributed by atoms with Crippen molar-refractivity contribution in [1.82, 2.24) is 0 Å². The third kappa shape index (κ3) is 8.11. The number of rotatable bonds is 14.